The molecule has 0 saturated carbocycles. The lowest BCUT2D eigenvalue weighted by Crippen LogP contribution is -2.28. The van der Waals surface area contributed by atoms with Gasteiger partial charge >= 0.3 is 0 Å². The van der Waals surface area contributed by atoms with Crippen molar-refractivity contribution in [2.75, 3.05) is 12.3 Å². The summed E-state index contributed by atoms with van der Waals surface area (Å²) in [6, 6.07) is 2.20. The number of rotatable bonds is 7. The molecule has 3 heterocycles. The minimum atomic E-state index is 0.0854. The van der Waals surface area contributed by atoms with Crippen molar-refractivity contribution in [3.05, 3.63) is 42.1 Å². The summed E-state index contributed by atoms with van der Waals surface area (Å²) in [6.07, 6.45) is 6.42. The number of aromatic nitrogens is 3. The number of nitrogens with zero attached hydrogens (tertiary/aromatic N) is 3. The number of hydrogen-bond donors (Lipinski definition) is 3. The van der Waals surface area contributed by atoms with Crippen molar-refractivity contribution in [3.8, 4) is 0 Å². The molecule has 0 aromatic carbocycles. The third-order valence-corrected chi connectivity index (χ3v) is 5.18. The van der Waals surface area contributed by atoms with Crippen LogP contribution in [0.25, 0.3) is 11.3 Å². The molecule has 1 fully saturated rings. The van der Waals surface area contributed by atoms with Crippen molar-refractivity contribution in [2.45, 2.75) is 52.1 Å². The Labute approximate surface area is 159 Å². The van der Waals surface area contributed by atoms with E-state index in [2.05, 4.69) is 41.9 Å². The number of nitrogens with two attached hydrogens (primary N) is 1. The molecule has 1 unspecified atom stereocenters. The van der Waals surface area contributed by atoms with Crippen LogP contribution in [0.5, 0.6) is 0 Å². The Morgan fingerprint density at radius 3 is 3.00 bits per heavy atom. The molecule has 146 valence electrons. The molecule has 1 saturated heterocycles. The Morgan fingerprint density at radius 1 is 1.56 bits per heavy atom. The van der Waals surface area contributed by atoms with Crippen LogP contribution in [0.1, 0.15) is 57.3 Å². The summed E-state index contributed by atoms with van der Waals surface area (Å²) in [5, 5.41) is 17.3. The van der Waals surface area contributed by atoms with Gasteiger partial charge in [0.25, 0.3) is 0 Å². The van der Waals surface area contributed by atoms with E-state index < -0.39 is 0 Å². The summed E-state index contributed by atoms with van der Waals surface area (Å²) < 4.78 is 7.77. The number of fused-ring (bicyclic) bond motifs is 1. The molecule has 1 aliphatic rings. The van der Waals surface area contributed by atoms with Gasteiger partial charge < -0.3 is 20.9 Å². The maximum absolute atomic E-state index is 9.42. The van der Waals surface area contributed by atoms with Crippen molar-refractivity contribution < 1.29 is 9.84 Å². The first-order valence-corrected chi connectivity index (χ1v) is 9.49. The average Bonchev–Trinajstić information content (AvgIpc) is 3.26. The summed E-state index contributed by atoms with van der Waals surface area (Å²) in [5.74, 6) is 2.15. The van der Waals surface area contributed by atoms with E-state index in [1.54, 1.807) is 4.52 Å². The molecule has 4 N–H and O–H groups in total. The number of allylic oxidation sites excluding steroid dienone is 2. The van der Waals surface area contributed by atoms with Crippen LogP contribution >= 0.6 is 0 Å². The third-order valence-electron chi connectivity index (χ3n) is 5.18. The summed E-state index contributed by atoms with van der Waals surface area (Å²) >= 11 is 0. The number of anilines is 1. The van der Waals surface area contributed by atoms with Crippen molar-refractivity contribution in [1.82, 2.24) is 19.9 Å². The van der Waals surface area contributed by atoms with Crippen LogP contribution in [0.3, 0.4) is 0 Å². The van der Waals surface area contributed by atoms with Gasteiger partial charge in [-0.2, -0.15) is 5.10 Å². The smallest absolute Gasteiger partial charge is 0.152 e. The Morgan fingerprint density at radius 2 is 2.33 bits per heavy atom. The van der Waals surface area contributed by atoms with Crippen LogP contribution in [0.4, 0.5) is 5.82 Å². The Hall–Kier alpha value is -2.38. The quantitative estimate of drug-likeness (QED) is 0.647. The molecule has 0 aliphatic carbocycles. The van der Waals surface area contributed by atoms with Gasteiger partial charge in [-0.1, -0.05) is 20.4 Å². The fraction of sp³-hybridized carbons (Fsp3) is 0.500. The third kappa shape index (κ3) is 3.99. The lowest BCUT2D eigenvalue weighted by atomic mass is 10.1. The zero-order valence-electron chi connectivity index (χ0n) is 16.3. The normalized spacial score (nSPS) is 21.6. The second kappa shape index (κ2) is 8.10. The van der Waals surface area contributed by atoms with Gasteiger partial charge in [0.15, 0.2) is 5.82 Å². The first-order valence-electron chi connectivity index (χ1n) is 9.49. The van der Waals surface area contributed by atoms with Gasteiger partial charge in [0.2, 0.25) is 0 Å². The minimum absolute atomic E-state index is 0.0854. The number of ether oxygens (including phenoxy) is 1. The molecule has 7 nitrogen and oxygen atoms in total. The van der Waals surface area contributed by atoms with Gasteiger partial charge in [0.1, 0.15) is 17.6 Å². The van der Waals surface area contributed by atoms with E-state index in [0.29, 0.717) is 23.0 Å². The number of nitrogens with one attached hydrogen (secondary N) is 1. The van der Waals surface area contributed by atoms with Crippen molar-refractivity contribution in [2.24, 2.45) is 5.92 Å². The predicted molar refractivity (Wildman–Crippen MR) is 107 cm³/mol. The molecular weight excluding hydrogens is 342 g/mol. The fourth-order valence-electron chi connectivity index (χ4n) is 3.55. The van der Waals surface area contributed by atoms with E-state index >= 15 is 0 Å². The van der Waals surface area contributed by atoms with Gasteiger partial charge in [-0.05, 0) is 44.2 Å². The highest BCUT2D eigenvalue weighted by atomic mass is 16.5. The van der Waals surface area contributed by atoms with Crippen molar-refractivity contribution >= 4 is 17.1 Å². The first kappa shape index (κ1) is 19.4. The fourth-order valence-corrected chi connectivity index (χ4v) is 3.55. The van der Waals surface area contributed by atoms with Crippen LogP contribution in [0, 0.1) is 5.92 Å². The van der Waals surface area contributed by atoms with Gasteiger partial charge in [0.05, 0.1) is 18.1 Å². The van der Waals surface area contributed by atoms with Crippen LogP contribution in [0.15, 0.2) is 30.8 Å². The van der Waals surface area contributed by atoms with E-state index in [0.717, 1.165) is 36.3 Å². The first-order chi connectivity index (χ1) is 12.9. The maximum Gasteiger partial charge on any atom is 0.152 e. The molecular formula is C20H29N5O2. The summed E-state index contributed by atoms with van der Waals surface area (Å²) in [7, 11) is 0. The zero-order valence-corrected chi connectivity index (χ0v) is 16.3. The molecule has 2 aromatic rings. The van der Waals surface area contributed by atoms with Crippen LogP contribution in [-0.2, 0) is 4.74 Å². The molecule has 27 heavy (non-hydrogen) atoms. The standard InChI is InChI=1S/C20H29N5O2/c1-5-12(2)8-13(3)27-14(4)16-9-18(17-7-6-15(10-26)24-17)25-19(16)20(21)22-11-23-25/h8-9,11-12,15,17,24,26H,4-7,10H2,1-3H3,(H2,21,22,23)/b13-8-/t12?,15-,17+/m0/s1. The molecule has 7 heteroatoms. The Balaban J connectivity index is 1.96. The zero-order chi connectivity index (χ0) is 19.6. The van der Waals surface area contributed by atoms with E-state index in [9.17, 15) is 5.11 Å². The number of aliphatic hydroxyl groups excluding tert-OH is 1. The van der Waals surface area contributed by atoms with E-state index in [-0.39, 0.29) is 18.7 Å². The highest BCUT2D eigenvalue weighted by molar-refractivity contribution is 5.83. The molecule has 1 aliphatic heterocycles. The molecule has 0 amide bonds. The second-order valence-electron chi connectivity index (χ2n) is 7.25. The van der Waals surface area contributed by atoms with Crippen LogP contribution < -0.4 is 11.1 Å². The Bertz CT molecular complexity index is 857. The van der Waals surface area contributed by atoms with Crippen molar-refractivity contribution in [3.63, 3.8) is 0 Å². The molecule has 0 bridgehead atoms. The number of hydrogen-bond acceptors (Lipinski definition) is 6. The average molecular weight is 371 g/mol. The monoisotopic (exact) mass is 371 g/mol. The van der Waals surface area contributed by atoms with E-state index in [1.807, 2.05) is 13.0 Å². The maximum atomic E-state index is 9.42. The second-order valence-corrected chi connectivity index (χ2v) is 7.25. The minimum Gasteiger partial charge on any atom is -0.462 e. The number of nitrogen functional groups attached to an aromatic ring is 1. The van der Waals surface area contributed by atoms with Gasteiger partial charge in [-0.25, -0.2) is 9.50 Å². The lowest BCUT2D eigenvalue weighted by Gasteiger charge is -2.12. The van der Waals surface area contributed by atoms with E-state index in [4.69, 9.17) is 10.5 Å². The van der Waals surface area contributed by atoms with Gasteiger partial charge in [-0.15, -0.1) is 0 Å². The van der Waals surface area contributed by atoms with Crippen LogP contribution in [-0.4, -0.2) is 32.4 Å². The Kier molecular flexibility index (Phi) is 5.82. The predicted octanol–water partition coefficient (Wildman–Crippen LogP) is 3.03. The molecule has 3 rings (SSSR count). The molecule has 3 atom stereocenters. The van der Waals surface area contributed by atoms with Crippen molar-refractivity contribution in [1.29, 1.82) is 0 Å². The van der Waals surface area contributed by atoms with Crippen LogP contribution in [0.2, 0.25) is 0 Å². The van der Waals surface area contributed by atoms with Gasteiger partial charge in [0, 0.05) is 17.6 Å². The summed E-state index contributed by atoms with van der Waals surface area (Å²) in [4.78, 5) is 4.14. The largest absolute Gasteiger partial charge is 0.462 e. The lowest BCUT2D eigenvalue weighted by molar-refractivity contribution is 0.251. The topological polar surface area (TPSA) is 97.7 Å². The summed E-state index contributed by atoms with van der Waals surface area (Å²) in [5.41, 5.74) is 8.60. The summed E-state index contributed by atoms with van der Waals surface area (Å²) in [6.45, 7) is 10.5. The molecule has 0 radical (unpaired) electrons. The number of aliphatic hydroxyl groups is 1. The molecule has 0 spiro atoms. The van der Waals surface area contributed by atoms with E-state index in [1.165, 1.54) is 6.33 Å². The SMILES string of the molecule is C=C(O/C(C)=C\C(C)CC)c1cc([C@H]2CC[C@@H](CO)N2)n2ncnc(N)c12. The molecule has 2 aromatic heterocycles. The highest BCUT2D eigenvalue weighted by Crippen LogP contribution is 2.34. The highest BCUT2D eigenvalue weighted by Gasteiger charge is 2.29. The van der Waals surface area contributed by atoms with Gasteiger partial charge in [-0.3, -0.25) is 0 Å².